The fraction of sp³-hybridized carbons (Fsp3) is 0.474. The third-order valence-electron chi connectivity index (χ3n) is 4.24. The van der Waals surface area contributed by atoms with Crippen LogP contribution in [0, 0.1) is 5.92 Å². The zero-order valence-electron chi connectivity index (χ0n) is 16.3. The van der Waals surface area contributed by atoms with E-state index in [-0.39, 0.29) is 30.9 Å². The number of phenols is 1. The molecular weight excluding hydrogens is 382 g/mol. The van der Waals surface area contributed by atoms with Crippen molar-refractivity contribution in [1.29, 1.82) is 0 Å². The third-order valence-corrected chi connectivity index (χ3v) is 4.24. The van der Waals surface area contributed by atoms with E-state index in [1.165, 1.54) is 12.1 Å². The first kappa shape index (κ1) is 23.9. The van der Waals surface area contributed by atoms with Crippen molar-refractivity contribution in [3.63, 3.8) is 0 Å². The maximum atomic E-state index is 12.6. The number of nitrogens with one attached hydrogen (secondary N) is 2. The number of nitrogens with two attached hydrogens (primary N) is 1. The molecule has 10 nitrogen and oxygen atoms in total. The van der Waals surface area contributed by atoms with Crippen LogP contribution in [-0.4, -0.2) is 57.2 Å². The number of aromatic hydroxyl groups is 1. The van der Waals surface area contributed by atoms with E-state index < -0.39 is 41.9 Å². The quantitative estimate of drug-likeness (QED) is 0.292. The average Bonchev–Trinajstić information content (AvgIpc) is 2.64. The van der Waals surface area contributed by atoms with Crippen LogP contribution in [-0.2, 0) is 25.6 Å². The second kappa shape index (κ2) is 11.0. The smallest absolute Gasteiger partial charge is 0.326 e. The molecule has 1 aromatic carbocycles. The van der Waals surface area contributed by atoms with Gasteiger partial charge < -0.3 is 31.7 Å². The molecule has 0 aromatic heterocycles. The third kappa shape index (κ3) is 8.18. The molecule has 0 aliphatic rings. The van der Waals surface area contributed by atoms with Crippen molar-refractivity contribution < 1.29 is 34.5 Å². The largest absolute Gasteiger partial charge is 0.508 e. The Morgan fingerprint density at radius 2 is 1.59 bits per heavy atom. The highest BCUT2D eigenvalue weighted by atomic mass is 16.4. The predicted octanol–water partition coefficient (Wildman–Crippen LogP) is -0.163. The van der Waals surface area contributed by atoms with Gasteiger partial charge in [-0.2, -0.15) is 0 Å². The number of carboxylic acids is 2. The zero-order chi connectivity index (χ0) is 22.1. The van der Waals surface area contributed by atoms with E-state index in [9.17, 15) is 29.4 Å². The van der Waals surface area contributed by atoms with Gasteiger partial charge in [0.05, 0.1) is 6.04 Å². The van der Waals surface area contributed by atoms with Crippen LogP contribution in [0.5, 0.6) is 5.75 Å². The lowest BCUT2D eigenvalue weighted by atomic mass is 10.0. The van der Waals surface area contributed by atoms with E-state index in [4.69, 9.17) is 10.8 Å². The van der Waals surface area contributed by atoms with E-state index in [1.54, 1.807) is 26.0 Å². The minimum Gasteiger partial charge on any atom is -0.508 e. The van der Waals surface area contributed by atoms with E-state index in [2.05, 4.69) is 10.6 Å². The maximum absolute atomic E-state index is 12.6. The van der Waals surface area contributed by atoms with Crippen molar-refractivity contribution in [2.45, 2.75) is 51.2 Å². The molecule has 0 saturated carbocycles. The van der Waals surface area contributed by atoms with Gasteiger partial charge in [0.15, 0.2) is 0 Å². The summed E-state index contributed by atoms with van der Waals surface area (Å²) in [5, 5.41) is 32.3. The van der Waals surface area contributed by atoms with Crippen LogP contribution in [0.4, 0.5) is 0 Å². The lowest BCUT2D eigenvalue weighted by Crippen LogP contribution is -2.56. The number of carboxylic acid groups (broad SMARTS) is 2. The van der Waals surface area contributed by atoms with Crippen LogP contribution in [0.2, 0.25) is 0 Å². The van der Waals surface area contributed by atoms with Gasteiger partial charge >= 0.3 is 11.9 Å². The van der Waals surface area contributed by atoms with Gasteiger partial charge in [0.25, 0.3) is 0 Å². The molecule has 0 aliphatic heterocycles. The van der Waals surface area contributed by atoms with Gasteiger partial charge in [0.1, 0.15) is 17.8 Å². The molecule has 0 aliphatic carbocycles. The minimum absolute atomic E-state index is 0.0156. The molecule has 29 heavy (non-hydrogen) atoms. The molecular formula is C19H27N3O7. The van der Waals surface area contributed by atoms with Crippen molar-refractivity contribution in [2.75, 3.05) is 0 Å². The number of aliphatic carboxylic acids is 2. The summed E-state index contributed by atoms with van der Waals surface area (Å²) in [6.45, 7) is 3.34. The van der Waals surface area contributed by atoms with E-state index in [0.29, 0.717) is 5.56 Å². The summed E-state index contributed by atoms with van der Waals surface area (Å²) < 4.78 is 0. The second-order valence-corrected chi connectivity index (χ2v) is 7.04. The molecule has 0 bridgehead atoms. The Morgan fingerprint density at radius 3 is 2.07 bits per heavy atom. The fourth-order valence-electron chi connectivity index (χ4n) is 2.53. The molecule has 0 heterocycles. The monoisotopic (exact) mass is 409 g/mol. The Hall–Kier alpha value is -3.14. The number of phenolic OH excluding ortho intramolecular Hbond substituents is 1. The molecule has 0 unspecified atom stereocenters. The van der Waals surface area contributed by atoms with E-state index in [1.807, 2.05) is 0 Å². The van der Waals surface area contributed by atoms with Gasteiger partial charge in [-0.3, -0.25) is 14.4 Å². The SMILES string of the molecule is CC(C)[C@H](NC(=O)[C@@H](N)CCC(=O)O)C(=O)N[C@@H](Cc1ccc(O)cc1)C(=O)O. The molecule has 10 heteroatoms. The normalized spacial score (nSPS) is 13.9. The van der Waals surface area contributed by atoms with Crippen molar-refractivity contribution >= 4 is 23.8 Å². The number of benzene rings is 1. The maximum Gasteiger partial charge on any atom is 0.326 e. The highest BCUT2D eigenvalue weighted by Gasteiger charge is 2.30. The number of amides is 2. The first-order valence-corrected chi connectivity index (χ1v) is 9.10. The predicted molar refractivity (Wildman–Crippen MR) is 103 cm³/mol. The van der Waals surface area contributed by atoms with Gasteiger partial charge in [-0.1, -0.05) is 26.0 Å². The van der Waals surface area contributed by atoms with Crippen LogP contribution in [0.15, 0.2) is 24.3 Å². The summed E-state index contributed by atoms with van der Waals surface area (Å²) in [6, 6.07) is 2.51. The number of carbonyl (C=O) groups excluding carboxylic acids is 2. The highest BCUT2D eigenvalue weighted by molar-refractivity contribution is 5.92. The standard InChI is InChI=1S/C19H27N3O7/c1-10(2)16(22-17(26)13(20)7-8-15(24)25)18(27)21-14(19(28)29)9-11-3-5-12(23)6-4-11/h3-6,10,13-14,16,23H,7-9,20H2,1-2H3,(H,21,27)(H,22,26)(H,24,25)(H,28,29)/t13-,14-,16-/m0/s1. The molecule has 1 aromatic rings. The van der Waals surface area contributed by atoms with E-state index >= 15 is 0 Å². The van der Waals surface area contributed by atoms with Crippen LogP contribution in [0.1, 0.15) is 32.3 Å². The first-order chi connectivity index (χ1) is 13.5. The molecule has 160 valence electrons. The molecule has 0 spiro atoms. The van der Waals surface area contributed by atoms with Crippen molar-refractivity contribution in [2.24, 2.45) is 11.7 Å². The summed E-state index contributed by atoms with van der Waals surface area (Å²) in [5.74, 6) is -4.06. The highest BCUT2D eigenvalue weighted by Crippen LogP contribution is 2.12. The van der Waals surface area contributed by atoms with E-state index in [0.717, 1.165) is 0 Å². The number of carbonyl (C=O) groups is 4. The van der Waals surface area contributed by atoms with Crippen molar-refractivity contribution in [3.8, 4) is 5.75 Å². The molecule has 0 radical (unpaired) electrons. The van der Waals surface area contributed by atoms with Gasteiger partial charge in [-0.15, -0.1) is 0 Å². The van der Waals surface area contributed by atoms with Gasteiger partial charge in [-0.05, 0) is 30.0 Å². The Kier molecular flexibility index (Phi) is 9.07. The zero-order valence-corrected chi connectivity index (χ0v) is 16.3. The summed E-state index contributed by atoms with van der Waals surface area (Å²) in [5.41, 5.74) is 6.25. The fourth-order valence-corrected chi connectivity index (χ4v) is 2.53. The molecule has 7 N–H and O–H groups in total. The first-order valence-electron chi connectivity index (χ1n) is 9.10. The molecule has 0 saturated heterocycles. The molecule has 1 rings (SSSR count). The summed E-state index contributed by atoms with van der Waals surface area (Å²) >= 11 is 0. The number of hydrogen-bond donors (Lipinski definition) is 6. The molecule has 0 fully saturated rings. The Morgan fingerprint density at radius 1 is 1.00 bits per heavy atom. The second-order valence-electron chi connectivity index (χ2n) is 7.04. The van der Waals surface area contributed by atoms with Gasteiger partial charge in [0.2, 0.25) is 11.8 Å². The topological polar surface area (TPSA) is 179 Å². The molecule has 2 amide bonds. The Bertz CT molecular complexity index is 734. The summed E-state index contributed by atoms with van der Waals surface area (Å²) in [6.07, 6.45) is -0.398. The van der Waals surface area contributed by atoms with Gasteiger partial charge in [-0.25, -0.2) is 4.79 Å². The van der Waals surface area contributed by atoms with Crippen LogP contribution in [0.3, 0.4) is 0 Å². The lowest BCUT2D eigenvalue weighted by molar-refractivity contribution is -0.142. The molecule has 3 atom stereocenters. The summed E-state index contributed by atoms with van der Waals surface area (Å²) in [4.78, 5) is 46.9. The van der Waals surface area contributed by atoms with Crippen molar-refractivity contribution in [1.82, 2.24) is 10.6 Å². The number of rotatable bonds is 11. The minimum atomic E-state index is -1.25. The van der Waals surface area contributed by atoms with Crippen LogP contribution < -0.4 is 16.4 Å². The lowest BCUT2D eigenvalue weighted by Gasteiger charge is -2.25. The average molecular weight is 409 g/mol. The van der Waals surface area contributed by atoms with Crippen LogP contribution in [0.25, 0.3) is 0 Å². The summed E-state index contributed by atoms with van der Waals surface area (Å²) in [7, 11) is 0. The van der Waals surface area contributed by atoms with Gasteiger partial charge in [0, 0.05) is 12.8 Å². The Balaban J connectivity index is 2.80. The van der Waals surface area contributed by atoms with Crippen LogP contribution >= 0.6 is 0 Å². The number of hydrogen-bond acceptors (Lipinski definition) is 6. The Labute approximate surface area is 168 Å². The van der Waals surface area contributed by atoms with Crippen molar-refractivity contribution in [3.05, 3.63) is 29.8 Å².